The number of allylic oxidation sites excluding steroid dienone is 1. The van der Waals surface area contributed by atoms with Gasteiger partial charge in [0.1, 0.15) is 10.9 Å². The molecule has 1 aromatic carbocycles. The third kappa shape index (κ3) is 3.29. The highest BCUT2D eigenvalue weighted by Crippen LogP contribution is 2.41. The van der Waals surface area contributed by atoms with E-state index in [0.29, 0.717) is 20.0 Å². The van der Waals surface area contributed by atoms with Gasteiger partial charge in [0, 0.05) is 33.7 Å². The summed E-state index contributed by atoms with van der Waals surface area (Å²) < 4.78 is 2.12. The quantitative estimate of drug-likeness (QED) is 0.566. The lowest BCUT2D eigenvalue weighted by atomic mass is 10.1. The molecule has 0 spiro atoms. The van der Waals surface area contributed by atoms with Gasteiger partial charge in [0.15, 0.2) is 5.78 Å². The second-order valence-corrected chi connectivity index (χ2v) is 8.73. The van der Waals surface area contributed by atoms with Crippen LogP contribution in [0, 0.1) is 19.3 Å². The van der Waals surface area contributed by atoms with Gasteiger partial charge in [0.2, 0.25) is 0 Å². The molecule has 3 heterocycles. The number of benzene rings is 1. The molecule has 0 unspecified atom stereocenters. The molecule has 1 aliphatic rings. The van der Waals surface area contributed by atoms with Crippen molar-refractivity contribution in [1.82, 2.24) is 9.55 Å². The third-order valence-corrected chi connectivity index (χ3v) is 6.58. The van der Waals surface area contributed by atoms with Gasteiger partial charge in [-0.15, -0.1) is 11.3 Å². The fraction of sp³-hybridized carbons (Fsp3) is 0.150. The maximum absolute atomic E-state index is 12.8. The van der Waals surface area contributed by atoms with Crippen molar-refractivity contribution in [1.29, 1.82) is 5.41 Å². The maximum atomic E-state index is 12.8. The monoisotopic (exact) mass is 413 g/mol. The number of nitrogens with zero attached hydrogens (tertiary/aromatic N) is 2. The second kappa shape index (κ2) is 7.11. The Morgan fingerprint density at radius 2 is 2.11 bits per heavy atom. The number of thiazole rings is 1. The van der Waals surface area contributed by atoms with Crippen molar-refractivity contribution in [3.05, 3.63) is 73.8 Å². The van der Waals surface area contributed by atoms with Crippen LogP contribution in [0.1, 0.15) is 27.9 Å². The minimum atomic E-state index is -0.558. The molecule has 1 fully saturated rings. The molecule has 0 amide bonds. The summed E-state index contributed by atoms with van der Waals surface area (Å²) in [6, 6.07) is 9.75. The Hall–Kier alpha value is -2.15. The number of hydrogen-bond acceptors (Lipinski definition) is 5. The van der Waals surface area contributed by atoms with Crippen molar-refractivity contribution in [3.8, 4) is 5.69 Å². The number of Topliss-reactive ketones (excluding diaryl/α,β-unsaturated/α-hetero) is 1. The summed E-state index contributed by atoms with van der Waals surface area (Å²) in [7, 11) is 0. The molecule has 1 N–H and O–H groups in total. The van der Waals surface area contributed by atoms with Gasteiger partial charge in [0.25, 0.3) is 0 Å². The van der Waals surface area contributed by atoms with E-state index in [4.69, 9.17) is 17.0 Å². The van der Waals surface area contributed by atoms with E-state index in [1.807, 2.05) is 49.6 Å². The van der Waals surface area contributed by atoms with Crippen molar-refractivity contribution in [2.45, 2.75) is 19.8 Å². The Balaban J connectivity index is 1.72. The highest BCUT2D eigenvalue weighted by Gasteiger charge is 2.38. The molecular weight excluding hydrogens is 398 g/mol. The molecule has 27 heavy (non-hydrogen) atoms. The Labute approximate surface area is 170 Å². The van der Waals surface area contributed by atoms with Crippen LogP contribution in [0.5, 0.6) is 0 Å². The Bertz CT molecular complexity index is 1080. The number of carbonyl (C=O) groups is 1. The molecule has 1 saturated heterocycles. The number of ketones is 1. The highest BCUT2D eigenvalue weighted by atomic mass is 35.5. The topological polar surface area (TPSA) is 58.7 Å². The zero-order valence-electron chi connectivity index (χ0n) is 14.7. The molecule has 0 bridgehead atoms. The molecule has 1 aliphatic heterocycles. The molecule has 4 nitrogen and oxygen atoms in total. The predicted molar refractivity (Wildman–Crippen MR) is 113 cm³/mol. The van der Waals surface area contributed by atoms with Gasteiger partial charge in [-0.25, -0.2) is 4.98 Å². The van der Waals surface area contributed by atoms with Gasteiger partial charge in [0.05, 0.1) is 9.95 Å². The second-order valence-electron chi connectivity index (χ2n) is 6.28. The average Bonchev–Trinajstić information content (AvgIpc) is 3.29. The van der Waals surface area contributed by atoms with Gasteiger partial charge in [-0.3, -0.25) is 10.2 Å². The largest absolute Gasteiger partial charge is 0.318 e. The minimum absolute atomic E-state index is 0.0486. The number of halogens is 1. The predicted octanol–water partition coefficient (Wildman–Crippen LogP) is 5.62. The number of aryl methyl sites for hydroxylation is 1. The first-order valence-corrected chi connectivity index (χ1v) is 10.4. The number of carbonyl (C=O) groups excluding carboxylic acids is 1. The molecule has 0 aliphatic carbocycles. The SMILES string of the molecule is Cc1cc(/C=C2\SC(=N)[C@@H](c3nccs3)C2=O)c(C)n1-c1cccc(Cl)c1. The van der Waals surface area contributed by atoms with Crippen molar-refractivity contribution < 1.29 is 4.79 Å². The van der Waals surface area contributed by atoms with Gasteiger partial charge in [-0.2, -0.15) is 0 Å². The van der Waals surface area contributed by atoms with Crippen LogP contribution in [0.4, 0.5) is 0 Å². The highest BCUT2D eigenvalue weighted by molar-refractivity contribution is 8.19. The summed E-state index contributed by atoms with van der Waals surface area (Å²) >= 11 is 8.78. The van der Waals surface area contributed by atoms with Crippen LogP contribution in [0.25, 0.3) is 11.8 Å². The molecule has 1 atom stereocenters. The third-order valence-electron chi connectivity index (χ3n) is 4.51. The van der Waals surface area contributed by atoms with E-state index >= 15 is 0 Å². The van der Waals surface area contributed by atoms with E-state index < -0.39 is 5.92 Å². The number of rotatable bonds is 3. The van der Waals surface area contributed by atoms with E-state index in [9.17, 15) is 4.79 Å². The van der Waals surface area contributed by atoms with Gasteiger partial charge in [-0.1, -0.05) is 29.4 Å². The molecule has 3 aromatic rings. The van der Waals surface area contributed by atoms with Crippen LogP contribution in [0.2, 0.25) is 5.02 Å². The van der Waals surface area contributed by atoms with Crippen LogP contribution in [-0.4, -0.2) is 20.4 Å². The summed E-state index contributed by atoms with van der Waals surface area (Å²) in [5.74, 6) is -0.606. The molecule has 2 aromatic heterocycles. The van der Waals surface area contributed by atoms with Crippen molar-refractivity contribution >= 4 is 51.6 Å². The van der Waals surface area contributed by atoms with Gasteiger partial charge >= 0.3 is 0 Å². The summed E-state index contributed by atoms with van der Waals surface area (Å²) in [6.07, 6.45) is 3.56. The summed E-state index contributed by atoms with van der Waals surface area (Å²) in [5.41, 5.74) is 4.04. The van der Waals surface area contributed by atoms with E-state index in [2.05, 4.69) is 15.6 Å². The Kier molecular flexibility index (Phi) is 4.80. The number of aromatic nitrogens is 2. The number of thioether (sulfide) groups is 1. The molecular formula is C20H16ClN3OS2. The minimum Gasteiger partial charge on any atom is -0.318 e. The van der Waals surface area contributed by atoms with E-state index in [1.165, 1.54) is 23.1 Å². The normalized spacial score (nSPS) is 18.6. The van der Waals surface area contributed by atoms with E-state index in [-0.39, 0.29) is 5.78 Å². The lowest BCUT2D eigenvalue weighted by molar-refractivity contribution is -0.114. The smallest absolute Gasteiger partial charge is 0.186 e. The van der Waals surface area contributed by atoms with Crippen LogP contribution in [-0.2, 0) is 4.79 Å². The van der Waals surface area contributed by atoms with Gasteiger partial charge < -0.3 is 4.57 Å². The van der Waals surface area contributed by atoms with Crippen molar-refractivity contribution in [2.24, 2.45) is 0 Å². The van der Waals surface area contributed by atoms with Crippen molar-refractivity contribution in [3.63, 3.8) is 0 Å². The number of hydrogen-bond donors (Lipinski definition) is 1. The average molecular weight is 414 g/mol. The zero-order chi connectivity index (χ0) is 19.1. The first-order valence-electron chi connectivity index (χ1n) is 8.32. The zero-order valence-corrected chi connectivity index (χ0v) is 17.1. The summed E-state index contributed by atoms with van der Waals surface area (Å²) in [5, 5.41) is 11.8. The molecule has 4 rings (SSSR count). The lowest BCUT2D eigenvalue weighted by Gasteiger charge is -2.10. The molecule has 0 saturated carbocycles. The maximum Gasteiger partial charge on any atom is 0.186 e. The van der Waals surface area contributed by atoms with Crippen molar-refractivity contribution in [2.75, 3.05) is 0 Å². The summed E-state index contributed by atoms with van der Waals surface area (Å²) in [6.45, 7) is 4.05. The fourth-order valence-corrected chi connectivity index (χ4v) is 5.26. The van der Waals surface area contributed by atoms with Crippen LogP contribution in [0.15, 0.2) is 46.8 Å². The van der Waals surface area contributed by atoms with E-state index in [1.54, 1.807) is 6.20 Å². The lowest BCUT2D eigenvalue weighted by Crippen LogP contribution is -2.11. The van der Waals surface area contributed by atoms with Crippen LogP contribution in [0.3, 0.4) is 0 Å². The van der Waals surface area contributed by atoms with Gasteiger partial charge in [-0.05, 0) is 49.8 Å². The number of nitrogens with one attached hydrogen (secondary N) is 1. The molecule has 136 valence electrons. The van der Waals surface area contributed by atoms with E-state index in [0.717, 1.165) is 22.6 Å². The Morgan fingerprint density at radius 1 is 1.30 bits per heavy atom. The standard InChI is InChI=1S/C20H16ClN3OS2/c1-11-8-13(12(2)24(11)15-5-3-4-14(21)10-15)9-16-18(25)17(19(22)27-16)20-23-6-7-26-20/h3-10,17,22H,1-2H3/b16-9-,22-19?/t17-/m0/s1. The molecule has 7 heteroatoms. The van der Waals surface area contributed by atoms with Crippen LogP contribution >= 0.6 is 34.7 Å². The Morgan fingerprint density at radius 3 is 2.81 bits per heavy atom. The first kappa shape index (κ1) is 18.2. The molecule has 0 radical (unpaired) electrons. The fourth-order valence-electron chi connectivity index (χ4n) is 3.28. The van der Waals surface area contributed by atoms with Crippen LogP contribution < -0.4 is 0 Å². The summed E-state index contributed by atoms with van der Waals surface area (Å²) in [4.78, 5) is 17.7. The first-order chi connectivity index (χ1) is 13.0.